The third kappa shape index (κ3) is 4.09. The molecule has 1 aliphatic heterocycles. The van der Waals surface area contributed by atoms with E-state index in [-0.39, 0.29) is 18.4 Å². The first kappa shape index (κ1) is 21.6. The Hall–Kier alpha value is -1.14. The lowest BCUT2D eigenvalue weighted by Crippen LogP contribution is -2.41. The molecular formula is C22H31ClN2O2S. The van der Waals surface area contributed by atoms with Crippen molar-refractivity contribution in [2.24, 2.45) is 5.92 Å². The van der Waals surface area contributed by atoms with Gasteiger partial charge in [0.2, 0.25) is 10.0 Å². The molecule has 2 aromatic rings. The van der Waals surface area contributed by atoms with Gasteiger partial charge < -0.3 is 4.90 Å². The Kier molecular flexibility index (Phi) is 6.70. The molecule has 1 heterocycles. The smallest absolute Gasteiger partial charge is 0.243 e. The summed E-state index contributed by atoms with van der Waals surface area (Å²) < 4.78 is 28.4. The van der Waals surface area contributed by atoms with Crippen LogP contribution in [0.4, 0.5) is 0 Å². The fraction of sp³-hybridized carbons (Fsp3) is 0.545. The molecule has 28 heavy (non-hydrogen) atoms. The number of hydrogen-bond acceptors (Lipinski definition) is 3. The first-order valence-electron chi connectivity index (χ1n) is 10.2. The minimum atomic E-state index is -3.50. The van der Waals surface area contributed by atoms with E-state index >= 15 is 0 Å². The summed E-state index contributed by atoms with van der Waals surface area (Å²) in [5.41, 5.74) is 0. The average Bonchev–Trinajstić information content (AvgIpc) is 3.17. The molecule has 4 rings (SSSR count). The lowest BCUT2D eigenvalue weighted by molar-refractivity contribution is 0.136. The average molecular weight is 423 g/mol. The van der Waals surface area contributed by atoms with Crippen molar-refractivity contribution in [1.82, 2.24) is 9.21 Å². The molecule has 2 aliphatic rings. The molecule has 0 radical (unpaired) electrons. The van der Waals surface area contributed by atoms with Crippen molar-refractivity contribution in [1.29, 1.82) is 0 Å². The van der Waals surface area contributed by atoms with Crippen LogP contribution in [0.25, 0.3) is 10.8 Å². The van der Waals surface area contributed by atoms with Crippen LogP contribution in [0.1, 0.15) is 39.0 Å². The Morgan fingerprint density at radius 2 is 1.64 bits per heavy atom. The van der Waals surface area contributed by atoms with E-state index in [1.54, 1.807) is 17.4 Å². The molecule has 0 amide bonds. The Labute approximate surface area is 175 Å². The van der Waals surface area contributed by atoms with Gasteiger partial charge in [0.25, 0.3) is 0 Å². The van der Waals surface area contributed by atoms with Crippen molar-refractivity contribution >= 4 is 33.2 Å². The normalized spacial score (nSPS) is 24.5. The van der Waals surface area contributed by atoms with E-state index in [0.29, 0.717) is 10.9 Å². The molecule has 0 aromatic heterocycles. The zero-order valence-corrected chi connectivity index (χ0v) is 18.4. The number of nitrogens with zero attached hydrogens (tertiary/aromatic N) is 2. The van der Waals surface area contributed by atoms with Gasteiger partial charge in [-0.15, -0.1) is 12.4 Å². The zero-order valence-electron chi connectivity index (χ0n) is 16.8. The fourth-order valence-corrected chi connectivity index (χ4v) is 6.37. The van der Waals surface area contributed by atoms with E-state index in [1.165, 1.54) is 25.9 Å². The molecule has 1 aliphatic carbocycles. The molecule has 2 aromatic carbocycles. The highest BCUT2D eigenvalue weighted by Crippen LogP contribution is 2.34. The van der Waals surface area contributed by atoms with Crippen molar-refractivity contribution in [2.45, 2.75) is 56.0 Å². The van der Waals surface area contributed by atoms with Crippen LogP contribution >= 0.6 is 12.4 Å². The van der Waals surface area contributed by atoms with Crippen molar-refractivity contribution in [3.63, 3.8) is 0 Å². The van der Waals surface area contributed by atoms with Gasteiger partial charge in [0.1, 0.15) is 0 Å². The Bertz CT molecular complexity index is 904. The van der Waals surface area contributed by atoms with E-state index in [1.807, 2.05) is 36.4 Å². The van der Waals surface area contributed by atoms with E-state index in [9.17, 15) is 8.42 Å². The monoisotopic (exact) mass is 422 g/mol. The first-order valence-corrected chi connectivity index (χ1v) is 11.6. The molecule has 2 fully saturated rings. The van der Waals surface area contributed by atoms with Gasteiger partial charge in [-0.3, -0.25) is 0 Å². The third-order valence-corrected chi connectivity index (χ3v) is 8.60. The van der Waals surface area contributed by atoms with Gasteiger partial charge in [0.15, 0.2) is 0 Å². The van der Waals surface area contributed by atoms with Crippen molar-refractivity contribution < 1.29 is 8.42 Å². The summed E-state index contributed by atoms with van der Waals surface area (Å²) >= 11 is 0. The molecule has 1 saturated carbocycles. The largest absolute Gasteiger partial charge is 0.300 e. The molecule has 154 valence electrons. The molecule has 2 atom stereocenters. The van der Waals surface area contributed by atoms with Crippen molar-refractivity contribution in [2.75, 3.05) is 20.1 Å². The maximum atomic E-state index is 13.4. The van der Waals surface area contributed by atoms with Gasteiger partial charge in [-0.1, -0.05) is 43.3 Å². The summed E-state index contributed by atoms with van der Waals surface area (Å²) in [6.07, 6.45) is 5.55. The van der Waals surface area contributed by atoms with Gasteiger partial charge in [-0.05, 0) is 62.6 Å². The Morgan fingerprint density at radius 1 is 0.964 bits per heavy atom. The van der Waals surface area contributed by atoms with Crippen LogP contribution < -0.4 is 0 Å². The highest BCUT2D eigenvalue weighted by atomic mass is 35.5. The summed E-state index contributed by atoms with van der Waals surface area (Å²) in [5, 5.41) is 1.78. The summed E-state index contributed by atoms with van der Waals surface area (Å²) in [4.78, 5) is 3.02. The molecule has 0 spiro atoms. The minimum absolute atomic E-state index is 0. The predicted molar refractivity (Wildman–Crippen MR) is 118 cm³/mol. The molecule has 4 nitrogen and oxygen atoms in total. The highest BCUT2D eigenvalue weighted by molar-refractivity contribution is 7.89. The number of hydrogen-bond donors (Lipinski definition) is 0. The van der Waals surface area contributed by atoms with Crippen LogP contribution in [0.5, 0.6) is 0 Å². The van der Waals surface area contributed by atoms with Crippen LogP contribution in [0.3, 0.4) is 0 Å². The number of fused-ring (bicyclic) bond motifs is 1. The van der Waals surface area contributed by atoms with Gasteiger partial charge >= 0.3 is 0 Å². The topological polar surface area (TPSA) is 40.6 Å². The lowest BCUT2D eigenvalue weighted by atomic mass is 9.97. The Morgan fingerprint density at radius 3 is 2.39 bits per heavy atom. The van der Waals surface area contributed by atoms with Crippen LogP contribution in [-0.4, -0.2) is 49.8 Å². The number of benzene rings is 2. The van der Waals surface area contributed by atoms with E-state index in [0.717, 1.165) is 36.0 Å². The molecular weight excluding hydrogens is 392 g/mol. The number of likely N-dealkylation sites (tertiary alicyclic amines) is 1. The number of sulfonamides is 1. The van der Waals surface area contributed by atoms with Crippen LogP contribution in [0.15, 0.2) is 47.4 Å². The van der Waals surface area contributed by atoms with Crippen LogP contribution in [-0.2, 0) is 10.0 Å². The summed E-state index contributed by atoms with van der Waals surface area (Å²) in [6.45, 7) is 4.66. The quantitative estimate of drug-likeness (QED) is 0.726. The molecule has 0 N–H and O–H groups in total. The summed E-state index contributed by atoms with van der Waals surface area (Å²) in [6, 6.07) is 13.9. The molecule has 0 unspecified atom stereocenters. The number of piperidine rings is 1. The van der Waals surface area contributed by atoms with Gasteiger partial charge in [-0.25, -0.2) is 8.42 Å². The number of halogens is 1. The highest BCUT2D eigenvalue weighted by Gasteiger charge is 2.37. The van der Waals surface area contributed by atoms with Gasteiger partial charge in [0, 0.05) is 24.5 Å². The summed E-state index contributed by atoms with van der Waals surface area (Å²) in [5.74, 6) is 0.827. The van der Waals surface area contributed by atoms with Crippen LogP contribution in [0, 0.1) is 5.92 Å². The second kappa shape index (κ2) is 8.70. The standard InChI is InChI=1S/C22H30N2O2S.ClH/c1-17-12-14-24(15-13-17)20-11-10-19(16-20)23(2)27(25,26)22-9-5-7-18-6-3-4-8-21(18)22;/h3-9,17,19-20H,10-16H2,1-2H3;1H/t19-,20+;/m1./s1. The maximum absolute atomic E-state index is 13.4. The van der Waals surface area contributed by atoms with Crippen molar-refractivity contribution in [3.05, 3.63) is 42.5 Å². The maximum Gasteiger partial charge on any atom is 0.243 e. The Balaban J connectivity index is 0.00000225. The van der Waals surface area contributed by atoms with Gasteiger partial charge in [-0.2, -0.15) is 4.31 Å². The molecule has 1 saturated heterocycles. The number of rotatable bonds is 4. The molecule has 0 bridgehead atoms. The SMILES string of the molecule is CC1CCN([C@H]2CC[C@@H](N(C)S(=O)(=O)c3cccc4ccccc34)C2)CC1.Cl. The first-order chi connectivity index (χ1) is 13.0. The van der Waals surface area contributed by atoms with E-state index in [2.05, 4.69) is 11.8 Å². The second-order valence-corrected chi connectivity index (χ2v) is 10.3. The fourth-order valence-electron chi connectivity index (χ4n) is 4.76. The van der Waals surface area contributed by atoms with E-state index in [4.69, 9.17) is 0 Å². The van der Waals surface area contributed by atoms with Gasteiger partial charge in [0.05, 0.1) is 4.90 Å². The van der Waals surface area contributed by atoms with Crippen molar-refractivity contribution in [3.8, 4) is 0 Å². The second-order valence-electron chi connectivity index (χ2n) is 8.34. The lowest BCUT2D eigenvalue weighted by Gasteiger charge is -2.35. The zero-order chi connectivity index (χ0) is 19.0. The molecule has 6 heteroatoms. The minimum Gasteiger partial charge on any atom is -0.300 e. The van der Waals surface area contributed by atoms with E-state index < -0.39 is 10.0 Å². The third-order valence-electron chi connectivity index (χ3n) is 6.63. The summed E-state index contributed by atoms with van der Waals surface area (Å²) in [7, 11) is -1.73. The predicted octanol–water partition coefficient (Wildman–Crippen LogP) is 4.54. The van der Waals surface area contributed by atoms with Crippen LogP contribution in [0.2, 0.25) is 0 Å².